The topological polar surface area (TPSA) is 55.4 Å². The molecule has 5 heteroatoms. The maximum atomic E-state index is 14.3. The highest BCUT2D eigenvalue weighted by Gasteiger charge is 2.31. The lowest BCUT2D eigenvalue weighted by Gasteiger charge is -2.21. The summed E-state index contributed by atoms with van der Waals surface area (Å²) in [4.78, 5) is 23.7. The number of nitrogens with one attached hydrogen (secondary N) is 1. The summed E-state index contributed by atoms with van der Waals surface area (Å²) in [6.07, 6.45) is -1.99. The van der Waals surface area contributed by atoms with Gasteiger partial charge < -0.3 is 10.1 Å². The number of hydrogen-bond acceptors (Lipinski definition) is 3. The summed E-state index contributed by atoms with van der Waals surface area (Å²) in [5.41, 5.74) is 0.880. The highest BCUT2D eigenvalue weighted by atomic mass is 19.1. The molecule has 0 radical (unpaired) electrons. The molecule has 0 spiro atoms. The van der Waals surface area contributed by atoms with E-state index in [0.29, 0.717) is 11.1 Å². The summed E-state index contributed by atoms with van der Waals surface area (Å²) in [5, 5.41) is 2.55. The Morgan fingerprint density at radius 3 is 2.09 bits per heavy atom. The Morgan fingerprint density at radius 1 is 1.00 bits per heavy atom. The molecule has 0 aliphatic rings. The molecular formula is C17H16FNO3. The van der Waals surface area contributed by atoms with Gasteiger partial charge in [-0.2, -0.15) is 0 Å². The number of carbonyl (C=O) groups excluding carboxylic acids is 2. The van der Waals surface area contributed by atoms with Gasteiger partial charge in [0.25, 0.3) is 5.91 Å². The molecule has 0 saturated carbocycles. The van der Waals surface area contributed by atoms with Crippen molar-refractivity contribution in [3.8, 4) is 0 Å². The van der Waals surface area contributed by atoms with E-state index in [4.69, 9.17) is 0 Å². The monoisotopic (exact) mass is 301 g/mol. The van der Waals surface area contributed by atoms with Crippen LogP contribution in [0.25, 0.3) is 0 Å². The first kappa shape index (κ1) is 15.7. The fourth-order valence-electron chi connectivity index (χ4n) is 2.05. The van der Waals surface area contributed by atoms with Crippen molar-refractivity contribution in [1.29, 1.82) is 0 Å². The van der Waals surface area contributed by atoms with Crippen LogP contribution in [0.4, 0.5) is 4.39 Å². The normalized spacial score (nSPS) is 13.0. The van der Waals surface area contributed by atoms with Crippen molar-refractivity contribution < 1.29 is 18.7 Å². The first-order valence-electron chi connectivity index (χ1n) is 6.76. The summed E-state index contributed by atoms with van der Waals surface area (Å²) >= 11 is 0. The lowest BCUT2D eigenvalue weighted by atomic mass is 10.0. The largest absolute Gasteiger partial charge is 0.467 e. The quantitative estimate of drug-likeness (QED) is 0.864. The number of halogens is 1. The van der Waals surface area contributed by atoms with Crippen LogP contribution in [0.3, 0.4) is 0 Å². The van der Waals surface area contributed by atoms with Crippen molar-refractivity contribution in [2.24, 2.45) is 0 Å². The minimum Gasteiger partial charge on any atom is -0.467 e. The minimum atomic E-state index is -1.99. The Bertz CT molecular complexity index is 631. The molecule has 114 valence electrons. The number of rotatable bonds is 5. The second kappa shape index (κ2) is 7.36. The Morgan fingerprint density at radius 2 is 1.55 bits per heavy atom. The van der Waals surface area contributed by atoms with Crippen LogP contribution in [-0.4, -0.2) is 25.2 Å². The predicted octanol–water partition coefficient (Wildman–Crippen LogP) is 2.67. The number of hydrogen-bond donors (Lipinski definition) is 1. The van der Waals surface area contributed by atoms with E-state index in [0.717, 1.165) is 7.11 Å². The zero-order valence-electron chi connectivity index (χ0n) is 12.0. The number of esters is 1. The molecule has 0 heterocycles. The maximum absolute atomic E-state index is 14.3. The van der Waals surface area contributed by atoms with E-state index in [1.807, 2.05) is 0 Å². The molecule has 0 aliphatic carbocycles. The number of ether oxygens (including phenoxy) is 1. The van der Waals surface area contributed by atoms with Crippen molar-refractivity contribution in [1.82, 2.24) is 5.32 Å². The van der Waals surface area contributed by atoms with Crippen molar-refractivity contribution in [2.45, 2.75) is 12.2 Å². The molecule has 0 aliphatic heterocycles. The average Bonchev–Trinajstić information content (AvgIpc) is 2.59. The Hall–Kier alpha value is -2.69. The lowest BCUT2D eigenvalue weighted by Crippen LogP contribution is -2.38. The number of alkyl halides is 1. The van der Waals surface area contributed by atoms with Crippen LogP contribution in [0.5, 0.6) is 0 Å². The van der Waals surface area contributed by atoms with E-state index >= 15 is 0 Å². The van der Waals surface area contributed by atoms with Crippen molar-refractivity contribution in [2.75, 3.05) is 7.11 Å². The minimum absolute atomic E-state index is 0.389. The Labute approximate surface area is 127 Å². The first-order chi connectivity index (χ1) is 10.6. The highest BCUT2D eigenvalue weighted by molar-refractivity contribution is 5.94. The molecule has 4 nitrogen and oxygen atoms in total. The standard InChI is InChI=1S/C17H16FNO3/c1-22-17(21)14(18)15(12-8-4-2-5-9-12)19-16(20)13-10-6-3-7-11-13/h2-11,14-15H,1H3,(H,19,20)/t14-,15-/m0/s1. The van der Waals surface area contributed by atoms with Gasteiger partial charge in [0.2, 0.25) is 6.17 Å². The summed E-state index contributed by atoms with van der Waals surface area (Å²) in [6.45, 7) is 0. The van der Waals surface area contributed by atoms with Crippen LogP contribution in [0.2, 0.25) is 0 Å². The highest BCUT2D eigenvalue weighted by Crippen LogP contribution is 2.21. The van der Waals surface area contributed by atoms with Crippen LogP contribution < -0.4 is 5.32 Å². The van der Waals surface area contributed by atoms with E-state index in [-0.39, 0.29) is 0 Å². The average molecular weight is 301 g/mol. The predicted molar refractivity (Wildman–Crippen MR) is 80.0 cm³/mol. The molecule has 0 bridgehead atoms. The molecule has 1 N–H and O–H groups in total. The van der Waals surface area contributed by atoms with E-state index in [1.54, 1.807) is 60.7 Å². The van der Waals surface area contributed by atoms with E-state index in [2.05, 4.69) is 10.1 Å². The second-order valence-electron chi connectivity index (χ2n) is 4.65. The van der Waals surface area contributed by atoms with Gasteiger partial charge in [-0.05, 0) is 17.7 Å². The van der Waals surface area contributed by atoms with Gasteiger partial charge in [0.15, 0.2) is 0 Å². The number of methoxy groups -OCH3 is 1. The fourth-order valence-corrected chi connectivity index (χ4v) is 2.05. The summed E-state index contributed by atoms with van der Waals surface area (Å²) in [6, 6.07) is 15.8. The molecule has 0 saturated heterocycles. The first-order valence-corrected chi connectivity index (χ1v) is 6.76. The Balaban J connectivity index is 2.25. The summed E-state index contributed by atoms with van der Waals surface area (Å²) in [5.74, 6) is -1.48. The molecule has 2 aromatic rings. The number of benzene rings is 2. The van der Waals surface area contributed by atoms with Gasteiger partial charge in [0.05, 0.1) is 13.2 Å². The second-order valence-corrected chi connectivity index (χ2v) is 4.65. The Kier molecular flexibility index (Phi) is 5.25. The molecule has 22 heavy (non-hydrogen) atoms. The fraction of sp³-hybridized carbons (Fsp3) is 0.176. The lowest BCUT2D eigenvalue weighted by molar-refractivity contribution is -0.147. The van der Waals surface area contributed by atoms with Crippen molar-refractivity contribution in [3.63, 3.8) is 0 Å². The molecule has 2 atom stereocenters. The molecule has 0 unspecified atom stereocenters. The van der Waals surface area contributed by atoms with Crippen molar-refractivity contribution >= 4 is 11.9 Å². The van der Waals surface area contributed by atoms with Gasteiger partial charge in [-0.25, -0.2) is 9.18 Å². The number of carbonyl (C=O) groups is 2. The summed E-state index contributed by atoms with van der Waals surface area (Å²) in [7, 11) is 1.11. The molecule has 2 rings (SSSR count). The van der Waals surface area contributed by atoms with Gasteiger partial charge in [0.1, 0.15) is 0 Å². The van der Waals surface area contributed by atoms with Crippen molar-refractivity contribution in [3.05, 3.63) is 71.8 Å². The third-order valence-corrected chi connectivity index (χ3v) is 3.20. The van der Waals surface area contributed by atoms with Crippen LogP contribution in [-0.2, 0) is 9.53 Å². The van der Waals surface area contributed by atoms with Crippen LogP contribution in [0, 0.1) is 0 Å². The molecule has 0 fully saturated rings. The van der Waals surface area contributed by atoms with Gasteiger partial charge in [0, 0.05) is 5.56 Å². The third-order valence-electron chi connectivity index (χ3n) is 3.20. The van der Waals surface area contributed by atoms with E-state index in [1.165, 1.54) is 0 Å². The zero-order valence-corrected chi connectivity index (χ0v) is 12.0. The van der Waals surface area contributed by atoms with E-state index < -0.39 is 24.1 Å². The maximum Gasteiger partial charge on any atom is 0.343 e. The molecule has 2 aromatic carbocycles. The smallest absolute Gasteiger partial charge is 0.343 e. The van der Waals surface area contributed by atoms with E-state index in [9.17, 15) is 14.0 Å². The third kappa shape index (κ3) is 3.69. The van der Waals surface area contributed by atoms with Crippen LogP contribution >= 0.6 is 0 Å². The van der Waals surface area contributed by atoms with Gasteiger partial charge in [-0.15, -0.1) is 0 Å². The van der Waals surface area contributed by atoms with Gasteiger partial charge in [-0.3, -0.25) is 4.79 Å². The van der Waals surface area contributed by atoms with Gasteiger partial charge >= 0.3 is 5.97 Å². The zero-order chi connectivity index (χ0) is 15.9. The molecule has 1 amide bonds. The number of amides is 1. The van der Waals surface area contributed by atoms with Gasteiger partial charge in [-0.1, -0.05) is 48.5 Å². The SMILES string of the molecule is COC(=O)[C@@H](F)[C@@H](NC(=O)c1ccccc1)c1ccccc1. The van der Waals surface area contributed by atoms with Crippen LogP contribution in [0.1, 0.15) is 22.0 Å². The molecular weight excluding hydrogens is 285 g/mol. The molecule has 0 aromatic heterocycles. The summed E-state index contributed by atoms with van der Waals surface area (Å²) < 4.78 is 18.8. The van der Waals surface area contributed by atoms with Crippen LogP contribution in [0.15, 0.2) is 60.7 Å².